The highest BCUT2D eigenvalue weighted by molar-refractivity contribution is 7.71. The zero-order valence-electron chi connectivity index (χ0n) is 17.8. The van der Waals surface area contributed by atoms with Gasteiger partial charge in [-0.05, 0) is 56.4 Å². The van der Waals surface area contributed by atoms with Crippen molar-refractivity contribution in [3.05, 3.63) is 70.2 Å². The van der Waals surface area contributed by atoms with Crippen molar-refractivity contribution in [1.29, 1.82) is 0 Å². The number of piperazine rings is 1. The first-order chi connectivity index (χ1) is 15.0. The molecule has 0 atom stereocenters. The number of halogens is 1. The number of nitrogens with zero attached hydrogens (tertiary/aromatic N) is 5. The average molecular weight is 440 g/mol. The Morgan fingerprint density at radius 2 is 1.81 bits per heavy atom. The van der Waals surface area contributed by atoms with Gasteiger partial charge in [-0.2, -0.15) is 5.10 Å². The summed E-state index contributed by atoms with van der Waals surface area (Å²) in [5.41, 5.74) is 2.76. The molecule has 2 heterocycles. The van der Waals surface area contributed by atoms with E-state index in [1.165, 1.54) is 29.8 Å². The third kappa shape index (κ3) is 4.60. The maximum Gasteiger partial charge on any atom is 0.253 e. The van der Waals surface area contributed by atoms with E-state index >= 15 is 0 Å². The van der Waals surface area contributed by atoms with Gasteiger partial charge in [0, 0.05) is 43.9 Å². The quantitative estimate of drug-likeness (QED) is 0.565. The monoisotopic (exact) mass is 439 g/mol. The van der Waals surface area contributed by atoms with Gasteiger partial charge in [-0.25, -0.2) is 9.07 Å². The molecule has 1 amide bonds. The highest BCUT2D eigenvalue weighted by Crippen LogP contribution is 2.20. The molecule has 3 aromatic rings. The van der Waals surface area contributed by atoms with Crippen LogP contribution >= 0.6 is 12.2 Å². The molecule has 1 aliphatic heterocycles. The molecule has 2 aromatic carbocycles. The summed E-state index contributed by atoms with van der Waals surface area (Å²) < 4.78 is 17.7. The molecule has 0 bridgehead atoms. The number of aryl methyl sites for hydroxylation is 1. The van der Waals surface area contributed by atoms with Gasteiger partial charge in [-0.1, -0.05) is 23.8 Å². The van der Waals surface area contributed by atoms with Crippen LogP contribution in [0.5, 0.6) is 0 Å². The molecule has 1 fully saturated rings. The maximum absolute atomic E-state index is 13.1. The first-order valence-corrected chi connectivity index (χ1v) is 10.9. The minimum Gasteiger partial charge on any atom is -0.336 e. The maximum atomic E-state index is 13.1. The first kappa shape index (κ1) is 21.4. The van der Waals surface area contributed by atoms with E-state index in [-0.39, 0.29) is 11.7 Å². The van der Waals surface area contributed by atoms with Crippen LogP contribution in [0.15, 0.2) is 48.5 Å². The van der Waals surface area contributed by atoms with Gasteiger partial charge in [0.05, 0.1) is 6.67 Å². The molecule has 0 spiro atoms. The fourth-order valence-corrected chi connectivity index (χ4v) is 4.19. The summed E-state index contributed by atoms with van der Waals surface area (Å²) in [5, 5.41) is 4.81. The van der Waals surface area contributed by atoms with Crippen molar-refractivity contribution in [2.75, 3.05) is 26.2 Å². The molecule has 162 valence electrons. The van der Waals surface area contributed by atoms with Gasteiger partial charge in [-0.3, -0.25) is 9.69 Å². The van der Waals surface area contributed by atoms with Gasteiger partial charge in [0.25, 0.3) is 5.91 Å². The highest BCUT2D eigenvalue weighted by atomic mass is 32.1. The second-order valence-electron chi connectivity index (χ2n) is 7.78. The summed E-state index contributed by atoms with van der Waals surface area (Å²) in [6, 6.07) is 14.0. The van der Waals surface area contributed by atoms with E-state index in [4.69, 9.17) is 17.3 Å². The molecule has 0 unspecified atom stereocenters. The summed E-state index contributed by atoms with van der Waals surface area (Å²) in [4.78, 5) is 16.7. The van der Waals surface area contributed by atoms with E-state index in [2.05, 4.69) is 41.5 Å². The molecule has 6 nitrogen and oxygen atoms in total. The Balaban J connectivity index is 1.44. The van der Waals surface area contributed by atoms with Gasteiger partial charge >= 0.3 is 0 Å². The van der Waals surface area contributed by atoms with Crippen LogP contribution in [0.1, 0.15) is 22.8 Å². The van der Waals surface area contributed by atoms with E-state index in [9.17, 15) is 9.18 Å². The number of hydrogen-bond donors (Lipinski definition) is 0. The van der Waals surface area contributed by atoms with Crippen molar-refractivity contribution in [2.45, 2.75) is 27.1 Å². The summed E-state index contributed by atoms with van der Waals surface area (Å²) in [6.07, 6.45) is 0. The number of carbonyl (C=O) groups is 1. The Bertz CT molecular complexity index is 1130. The third-order valence-corrected chi connectivity index (χ3v) is 6.03. The second-order valence-corrected chi connectivity index (χ2v) is 8.14. The van der Waals surface area contributed by atoms with E-state index in [0.717, 1.165) is 31.0 Å². The second kappa shape index (κ2) is 9.11. The Hall–Kier alpha value is -2.84. The number of aromatic nitrogens is 3. The number of hydrogen-bond acceptors (Lipinski definition) is 4. The van der Waals surface area contributed by atoms with Crippen LogP contribution in [0, 0.1) is 17.5 Å². The molecule has 1 aliphatic rings. The summed E-state index contributed by atoms with van der Waals surface area (Å²) in [7, 11) is 0. The number of carbonyl (C=O) groups excluding carboxylic acids is 1. The Morgan fingerprint density at radius 1 is 1.10 bits per heavy atom. The fraction of sp³-hybridized carbons (Fsp3) is 0.348. The lowest BCUT2D eigenvalue weighted by atomic mass is 10.1. The van der Waals surface area contributed by atoms with Gasteiger partial charge < -0.3 is 9.47 Å². The van der Waals surface area contributed by atoms with Crippen LogP contribution in [0.4, 0.5) is 4.39 Å². The van der Waals surface area contributed by atoms with Crippen LogP contribution in [0.3, 0.4) is 0 Å². The van der Waals surface area contributed by atoms with Crippen molar-refractivity contribution in [1.82, 2.24) is 24.1 Å². The lowest BCUT2D eigenvalue weighted by Gasteiger charge is -2.34. The smallest absolute Gasteiger partial charge is 0.253 e. The molecule has 31 heavy (non-hydrogen) atoms. The van der Waals surface area contributed by atoms with Gasteiger partial charge in [0.1, 0.15) is 5.82 Å². The van der Waals surface area contributed by atoms with Crippen LogP contribution in [0.2, 0.25) is 0 Å². The van der Waals surface area contributed by atoms with Gasteiger partial charge in [0.15, 0.2) is 10.6 Å². The van der Waals surface area contributed by atoms with E-state index < -0.39 is 0 Å². The normalized spacial score (nSPS) is 14.7. The Labute approximate surface area is 186 Å². The van der Waals surface area contributed by atoms with E-state index in [0.29, 0.717) is 30.1 Å². The van der Waals surface area contributed by atoms with Crippen LogP contribution in [-0.2, 0) is 13.2 Å². The SMILES string of the molecule is CCn1c(-c2cccc(C)c2)nn(CN2CCN(C(=O)c3ccc(F)cc3)CC2)c1=S. The minimum atomic E-state index is -0.338. The van der Waals surface area contributed by atoms with Crippen molar-refractivity contribution in [3.8, 4) is 11.4 Å². The number of benzene rings is 2. The minimum absolute atomic E-state index is 0.0618. The predicted molar refractivity (Wildman–Crippen MR) is 121 cm³/mol. The van der Waals surface area contributed by atoms with Crippen molar-refractivity contribution < 1.29 is 9.18 Å². The molecule has 4 rings (SSSR count). The third-order valence-electron chi connectivity index (χ3n) is 5.60. The highest BCUT2D eigenvalue weighted by Gasteiger charge is 2.23. The molecule has 0 aliphatic carbocycles. The molecule has 1 aromatic heterocycles. The standard InChI is InChI=1S/C23H26FN5OS/c1-3-28-21(19-6-4-5-17(2)15-19)25-29(23(28)31)16-26-11-13-27(14-12-26)22(30)18-7-9-20(24)10-8-18/h4-10,15H,3,11-14,16H2,1-2H3. The zero-order valence-corrected chi connectivity index (χ0v) is 18.6. The summed E-state index contributed by atoms with van der Waals surface area (Å²) in [6.45, 7) is 8.16. The van der Waals surface area contributed by atoms with Crippen molar-refractivity contribution in [2.24, 2.45) is 0 Å². The number of amides is 1. The predicted octanol–water partition coefficient (Wildman–Crippen LogP) is 3.96. The lowest BCUT2D eigenvalue weighted by molar-refractivity contribution is 0.0585. The lowest BCUT2D eigenvalue weighted by Crippen LogP contribution is -2.49. The summed E-state index contributed by atoms with van der Waals surface area (Å²) in [5.74, 6) is 0.476. The van der Waals surface area contributed by atoms with Crippen molar-refractivity contribution in [3.63, 3.8) is 0 Å². The average Bonchev–Trinajstić information content (AvgIpc) is 3.09. The number of rotatable bonds is 5. The van der Waals surface area contributed by atoms with Crippen molar-refractivity contribution >= 4 is 18.1 Å². The molecular formula is C23H26FN5OS. The molecular weight excluding hydrogens is 413 g/mol. The van der Waals surface area contributed by atoms with Gasteiger partial charge in [-0.15, -0.1) is 0 Å². The Kier molecular flexibility index (Phi) is 6.29. The molecule has 0 N–H and O–H groups in total. The zero-order chi connectivity index (χ0) is 22.0. The molecule has 0 radical (unpaired) electrons. The van der Waals surface area contributed by atoms with Crippen LogP contribution in [0.25, 0.3) is 11.4 Å². The van der Waals surface area contributed by atoms with Crippen LogP contribution in [-0.4, -0.2) is 56.2 Å². The molecule has 1 saturated heterocycles. The van der Waals surface area contributed by atoms with Crippen LogP contribution < -0.4 is 0 Å². The first-order valence-electron chi connectivity index (χ1n) is 10.5. The molecule has 8 heteroatoms. The Morgan fingerprint density at radius 3 is 2.45 bits per heavy atom. The largest absolute Gasteiger partial charge is 0.336 e. The fourth-order valence-electron chi connectivity index (χ4n) is 3.87. The van der Waals surface area contributed by atoms with E-state index in [1.54, 1.807) is 0 Å². The van der Waals surface area contributed by atoms with Gasteiger partial charge in [0.2, 0.25) is 0 Å². The van der Waals surface area contributed by atoms with E-state index in [1.807, 2.05) is 15.6 Å². The summed E-state index contributed by atoms with van der Waals surface area (Å²) >= 11 is 5.69. The topological polar surface area (TPSA) is 46.3 Å². The molecule has 0 saturated carbocycles.